The Morgan fingerprint density at radius 2 is 1.97 bits per heavy atom. The molecule has 0 saturated heterocycles. The molecule has 1 amide bonds. The van der Waals surface area contributed by atoms with Gasteiger partial charge in [-0.3, -0.25) is 14.2 Å². The Bertz CT molecular complexity index is 1680. The first-order valence-electron chi connectivity index (χ1n) is 10.8. The SMILES string of the molecule is COC(=O)/C=c1\sc2n(c1=O)C(N)=C(C#N)[C@H](c1ccccc1F)C=2C(=O)Nc1ccc(C)cc1C. The van der Waals surface area contributed by atoms with Gasteiger partial charge in [0, 0.05) is 17.3 Å². The third-order valence-corrected chi connectivity index (χ3v) is 6.92. The number of nitrogens with two attached hydrogens (primary N) is 1. The van der Waals surface area contributed by atoms with E-state index in [0.29, 0.717) is 5.69 Å². The maximum atomic E-state index is 15.0. The molecule has 0 radical (unpaired) electrons. The number of methoxy groups -OCH3 is 1. The molecule has 1 aromatic heterocycles. The number of carbonyl (C=O) groups excluding carboxylic acids is 2. The summed E-state index contributed by atoms with van der Waals surface area (Å²) in [6.45, 7) is 3.74. The standard InChI is InChI=1S/C26H21FN4O4S/c1-13-8-9-18(14(2)10-13)30-24(33)22-21(15-6-4-5-7-17(15)27)16(12-28)23(29)31-25(34)19(36-26(22)31)11-20(32)35-3/h4-11,21H,29H2,1-3H3,(H,30,33)/b19-11-/t21-/m0/s1. The molecule has 2 heterocycles. The molecule has 0 saturated carbocycles. The van der Waals surface area contributed by atoms with Gasteiger partial charge >= 0.3 is 5.97 Å². The molecule has 3 aromatic rings. The molecule has 0 aliphatic carbocycles. The van der Waals surface area contributed by atoms with Crippen LogP contribution in [0.15, 0.2) is 52.8 Å². The molecular weight excluding hydrogens is 483 g/mol. The number of nitrogens with one attached hydrogen (secondary N) is 1. The van der Waals surface area contributed by atoms with E-state index < -0.39 is 29.2 Å². The maximum Gasteiger partial charge on any atom is 0.332 e. The Kier molecular flexibility index (Phi) is 6.59. The quantitative estimate of drug-likeness (QED) is 0.522. The van der Waals surface area contributed by atoms with Crippen LogP contribution in [0.5, 0.6) is 0 Å². The number of nitrogens with zero attached hydrogens (tertiary/aromatic N) is 2. The monoisotopic (exact) mass is 504 g/mol. The third-order valence-electron chi connectivity index (χ3n) is 5.81. The van der Waals surface area contributed by atoms with Crippen LogP contribution < -0.4 is 25.8 Å². The topological polar surface area (TPSA) is 127 Å². The van der Waals surface area contributed by atoms with Crippen LogP contribution in [0.25, 0.3) is 17.5 Å². The lowest BCUT2D eigenvalue weighted by molar-refractivity contribution is -0.133. The maximum absolute atomic E-state index is 15.0. The summed E-state index contributed by atoms with van der Waals surface area (Å²) in [6, 6.07) is 13.1. The second kappa shape index (κ2) is 9.64. The minimum atomic E-state index is -1.19. The van der Waals surface area contributed by atoms with E-state index in [4.69, 9.17) is 5.73 Å². The molecule has 8 nitrogen and oxygen atoms in total. The van der Waals surface area contributed by atoms with Crippen LogP contribution in [0.4, 0.5) is 10.1 Å². The van der Waals surface area contributed by atoms with Crippen molar-refractivity contribution in [1.82, 2.24) is 4.57 Å². The van der Waals surface area contributed by atoms with Gasteiger partial charge in [-0.05, 0) is 31.5 Å². The molecule has 0 unspecified atom stereocenters. The van der Waals surface area contributed by atoms with E-state index in [1.54, 1.807) is 12.1 Å². The second-order valence-corrected chi connectivity index (χ2v) is 9.16. The highest BCUT2D eigenvalue weighted by Crippen LogP contribution is 2.37. The number of hydrogen-bond acceptors (Lipinski definition) is 7. The van der Waals surface area contributed by atoms with Crippen molar-refractivity contribution in [2.45, 2.75) is 19.8 Å². The number of aromatic nitrogens is 1. The highest BCUT2D eigenvalue weighted by atomic mass is 32.1. The molecular formula is C26H21FN4O4S. The van der Waals surface area contributed by atoms with Crippen LogP contribution in [0.2, 0.25) is 0 Å². The fourth-order valence-corrected chi connectivity index (χ4v) is 5.23. The first-order valence-corrected chi connectivity index (χ1v) is 11.6. The Morgan fingerprint density at radius 3 is 2.61 bits per heavy atom. The number of hydrogen-bond donors (Lipinski definition) is 2. The summed E-state index contributed by atoms with van der Waals surface area (Å²) in [5.74, 6) is -3.49. The van der Waals surface area contributed by atoms with Crippen molar-refractivity contribution in [2.24, 2.45) is 5.73 Å². The lowest BCUT2D eigenvalue weighted by atomic mass is 9.83. The first kappa shape index (κ1) is 24.6. The Hall–Kier alpha value is -4.49. The van der Waals surface area contributed by atoms with Crippen LogP contribution in [-0.4, -0.2) is 23.6 Å². The van der Waals surface area contributed by atoms with Gasteiger partial charge in [-0.25, -0.2) is 9.18 Å². The van der Waals surface area contributed by atoms with Crippen LogP contribution >= 0.6 is 11.3 Å². The van der Waals surface area contributed by atoms with Crippen molar-refractivity contribution < 1.29 is 18.7 Å². The molecule has 0 spiro atoms. The van der Waals surface area contributed by atoms with Gasteiger partial charge in [0.2, 0.25) is 0 Å². The summed E-state index contributed by atoms with van der Waals surface area (Å²) in [6.07, 6.45) is 0.982. The molecule has 1 aliphatic heterocycles. The molecule has 0 bridgehead atoms. The normalized spacial score (nSPS) is 15.4. The molecule has 10 heteroatoms. The average molecular weight is 505 g/mol. The van der Waals surface area contributed by atoms with Gasteiger partial charge in [-0.2, -0.15) is 5.26 Å². The summed E-state index contributed by atoms with van der Waals surface area (Å²) >= 11 is 0.830. The van der Waals surface area contributed by atoms with Gasteiger partial charge in [0.25, 0.3) is 11.5 Å². The summed E-state index contributed by atoms with van der Waals surface area (Å²) in [4.78, 5) is 38.8. The number of anilines is 1. The molecule has 0 fully saturated rings. The van der Waals surface area contributed by atoms with Gasteiger partial charge in [-0.1, -0.05) is 35.9 Å². The zero-order valence-electron chi connectivity index (χ0n) is 19.6. The summed E-state index contributed by atoms with van der Waals surface area (Å²) in [5.41, 5.74) is 7.69. The highest BCUT2D eigenvalue weighted by Gasteiger charge is 2.37. The van der Waals surface area contributed by atoms with Gasteiger partial charge in [0.05, 0.1) is 30.2 Å². The number of ether oxygens (including phenoxy) is 1. The highest BCUT2D eigenvalue weighted by molar-refractivity contribution is 7.07. The van der Waals surface area contributed by atoms with Crippen molar-refractivity contribution >= 4 is 46.4 Å². The van der Waals surface area contributed by atoms with E-state index in [0.717, 1.165) is 40.2 Å². The number of aryl methyl sites for hydroxylation is 2. The molecule has 1 atom stereocenters. The first-order chi connectivity index (χ1) is 17.2. The number of thiazole rings is 1. The lowest BCUT2D eigenvalue weighted by Crippen LogP contribution is -2.41. The number of allylic oxidation sites excluding steroid dienone is 1. The fourth-order valence-electron chi connectivity index (χ4n) is 4.10. The molecule has 4 rings (SSSR count). The zero-order valence-corrected chi connectivity index (χ0v) is 20.4. The minimum Gasteiger partial charge on any atom is -0.466 e. The Labute approximate surface area is 209 Å². The number of halogens is 1. The third kappa shape index (κ3) is 4.21. The predicted molar refractivity (Wildman–Crippen MR) is 134 cm³/mol. The number of esters is 1. The number of nitriles is 1. The van der Waals surface area contributed by atoms with Gasteiger partial charge < -0.3 is 15.8 Å². The van der Waals surface area contributed by atoms with Crippen LogP contribution in [0.1, 0.15) is 22.6 Å². The van der Waals surface area contributed by atoms with Crippen molar-refractivity contribution in [3.8, 4) is 6.07 Å². The van der Waals surface area contributed by atoms with Crippen LogP contribution in [-0.2, 0) is 14.3 Å². The van der Waals surface area contributed by atoms with Crippen LogP contribution in [0.3, 0.4) is 0 Å². The van der Waals surface area contributed by atoms with Crippen molar-refractivity contribution in [2.75, 3.05) is 12.4 Å². The molecule has 36 heavy (non-hydrogen) atoms. The predicted octanol–water partition coefficient (Wildman–Crippen LogP) is 1.86. The zero-order chi connectivity index (χ0) is 26.1. The van der Waals surface area contributed by atoms with Crippen molar-refractivity contribution in [3.63, 3.8) is 0 Å². The smallest absolute Gasteiger partial charge is 0.332 e. The van der Waals surface area contributed by atoms with E-state index in [1.807, 2.05) is 32.0 Å². The second-order valence-electron chi connectivity index (χ2n) is 8.13. The molecule has 2 aromatic carbocycles. The number of rotatable bonds is 4. The number of carbonyl (C=O) groups is 2. The molecule has 3 N–H and O–H groups in total. The molecule has 1 aliphatic rings. The Balaban J connectivity index is 2.07. The van der Waals surface area contributed by atoms with Crippen molar-refractivity contribution in [3.05, 3.63) is 90.1 Å². The van der Waals surface area contributed by atoms with E-state index in [2.05, 4.69) is 10.1 Å². The fraction of sp³-hybridized carbons (Fsp3) is 0.154. The molecule has 182 valence electrons. The van der Waals surface area contributed by atoms with Gasteiger partial charge in [-0.15, -0.1) is 11.3 Å². The van der Waals surface area contributed by atoms with E-state index >= 15 is 4.39 Å². The van der Waals surface area contributed by atoms with E-state index in [9.17, 15) is 19.6 Å². The summed E-state index contributed by atoms with van der Waals surface area (Å²) in [5, 5.41) is 12.8. The number of fused-ring (bicyclic) bond motifs is 1. The van der Waals surface area contributed by atoms with Gasteiger partial charge in [0.1, 0.15) is 20.8 Å². The number of amides is 1. The minimum absolute atomic E-state index is 0.0440. The average Bonchev–Trinajstić information content (AvgIpc) is 3.16. The van der Waals surface area contributed by atoms with Crippen molar-refractivity contribution in [1.29, 1.82) is 5.26 Å². The lowest BCUT2D eigenvalue weighted by Gasteiger charge is -2.25. The summed E-state index contributed by atoms with van der Waals surface area (Å²) in [7, 11) is 1.16. The van der Waals surface area contributed by atoms with E-state index in [-0.39, 0.29) is 31.7 Å². The van der Waals surface area contributed by atoms with Crippen LogP contribution in [0, 0.1) is 31.0 Å². The Morgan fingerprint density at radius 1 is 1.25 bits per heavy atom. The van der Waals surface area contributed by atoms with E-state index in [1.165, 1.54) is 18.2 Å². The van der Waals surface area contributed by atoms with Gasteiger partial charge in [0.15, 0.2) is 0 Å². The number of benzene rings is 2. The largest absolute Gasteiger partial charge is 0.466 e. The summed E-state index contributed by atoms with van der Waals surface area (Å²) < 4.78 is 20.7.